The predicted molar refractivity (Wildman–Crippen MR) is 57.6 cm³/mol. The van der Waals surface area contributed by atoms with E-state index in [1.807, 2.05) is 13.8 Å². The molecule has 2 atom stereocenters. The third-order valence-corrected chi connectivity index (χ3v) is 2.29. The normalized spacial score (nSPS) is 27.4. The third-order valence-electron chi connectivity index (χ3n) is 2.29. The first-order chi connectivity index (χ1) is 7.02. The van der Waals surface area contributed by atoms with Gasteiger partial charge in [0, 0.05) is 19.6 Å². The number of nitrogens with zero attached hydrogens (tertiary/aromatic N) is 1. The van der Waals surface area contributed by atoms with Crippen LogP contribution in [0.5, 0.6) is 0 Å². The van der Waals surface area contributed by atoms with Crippen molar-refractivity contribution >= 4 is 5.97 Å². The minimum absolute atomic E-state index is 0.0576. The Morgan fingerprint density at radius 2 is 2.27 bits per heavy atom. The summed E-state index contributed by atoms with van der Waals surface area (Å²) in [6.07, 6.45) is -0.403. The van der Waals surface area contributed by atoms with Crippen LogP contribution in [0.25, 0.3) is 0 Å². The fourth-order valence-electron chi connectivity index (χ4n) is 1.81. The summed E-state index contributed by atoms with van der Waals surface area (Å²) in [6, 6.07) is 0. The predicted octanol–water partition coefficient (Wildman–Crippen LogP) is 0.825. The van der Waals surface area contributed by atoms with E-state index in [9.17, 15) is 4.79 Å². The number of morpholine rings is 1. The minimum atomic E-state index is -0.460. The van der Waals surface area contributed by atoms with E-state index in [2.05, 4.69) is 16.2 Å². The van der Waals surface area contributed by atoms with E-state index in [1.54, 1.807) is 0 Å². The molecule has 0 radical (unpaired) electrons. The molecule has 1 saturated heterocycles. The molecular formula is C11H19NO3. The molecule has 15 heavy (non-hydrogen) atoms. The number of esters is 1. The SMILES string of the molecule is C=C(C)CN1C[C@@H](C)O[C@@H](C(=O)OC)C1. The standard InChI is InChI=1S/C11H19NO3/c1-8(2)5-12-6-9(3)15-10(7-12)11(13)14-4/h9-10H,1,5-7H2,2-4H3/t9-,10-/m1/s1. The Labute approximate surface area is 90.8 Å². The highest BCUT2D eigenvalue weighted by atomic mass is 16.6. The topological polar surface area (TPSA) is 38.8 Å². The van der Waals surface area contributed by atoms with Crippen molar-refractivity contribution in [2.75, 3.05) is 26.7 Å². The van der Waals surface area contributed by atoms with Crippen LogP contribution in [0, 0.1) is 0 Å². The van der Waals surface area contributed by atoms with Gasteiger partial charge in [0.05, 0.1) is 13.2 Å². The third kappa shape index (κ3) is 3.64. The van der Waals surface area contributed by atoms with Crippen LogP contribution < -0.4 is 0 Å². The highest BCUT2D eigenvalue weighted by Crippen LogP contribution is 2.13. The number of carbonyl (C=O) groups is 1. The molecule has 1 heterocycles. The van der Waals surface area contributed by atoms with Crippen molar-refractivity contribution in [3.8, 4) is 0 Å². The Bertz CT molecular complexity index is 252. The molecule has 0 saturated carbocycles. The van der Waals surface area contributed by atoms with Gasteiger partial charge in [-0.3, -0.25) is 4.90 Å². The summed E-state index contributed by atoms with van der Waals surface area (Å²) in [7, 11) is 1.38. The Balaban J connectivity index is 2.55. The van der Waals surface area contributed by atoms with Gasteiger partial charge in [-0.1, -0.05) is 12.2 Å². The number of carbonyl (C=O) groups excluding carboxylic acids is 1. The summed E-state index contributed by atoms with van der Waals surface area (Å²) < 4.78 is 10.2. The van der Waals surface area contributed by atoms with Crippen molar-refractivity contribution < 1.29 is 14.3 Å². The number of hydrogen-bond acceptors (Lipinski definition) is 4. The Morgan fingerprint density at radius 1 is 1.60 bits per heavy atom. The second-order valence-electron chi connectivity index (χ2n) is 4.11. The second kappa shape index (κ2) is 5.28. The molecular weight excluding hydrogens is 194 g/mol. The number of hydrogen-bond donors (Lipinski definition) is 0. The summed E-state index contributed by atoms with van der Waals surface area (Å²) in [5, 5.41) is 0. The van der Waals surface area contributed by atoms with Crippen LogP contribution in [0.3, 0.4) is 0 Å². The molecule has 0 spiro atoms. The van der Waals surface area contributed by atoms with E-state index >= 15 is 0 Å². The molecule has 0 unspecified atom stereocenters. The number of methoxy groups -OCH3 is 1. The van der Waals surface area contributed by atoms with E-state index in [1.165, 1.54) is 7.11 Å². The zero-order valence-corrected chi connectivity index (χ0v) is 9.66. The van der Waals surface area contributed by atoms with Gasteiger partial charge < -0.3 is 9.47 Å². The largest absolute Gasteiger partial charge is 0.467 e. The molecule has 0 aromatic rings. The van der Waals surface area contributed by atoms with Crippen LogP contribution in [0.2, 0.25) is 0 Å². The average molecular weight is 213 g/mol. The van der Waals surface area contributed by atoms with Gasteiger partial charge in [-0.25, -0.2) is 4.79 Å². The quantitative estimate of drug-likeness (QED) is 0.514. The van der Waals surface area contributed by atoms with Crippen LogP contribution in [-0.2, 0) is 14.3 Å². The van der Waals surface area contributed by atoms with Crippen LogP contribution in [0.1, 0.15) is 13.8 Å². The molecule has 0 amide bonds. The minimum Gasteiger partial charge on any atom is -0.467 e. The van der Waals surface area contributed by atoms with Crippen molar-refractivity contribution in [2.45, 2.75) is 26.1 Å². The fraction of sp³-hybridized carbons (Fsp3) is 0.727. The van der Waals surface area contributed by atoms with Gasteiger partial charge in [0.1, 0.15) is 0 Å². The lowest BCUT2D eigenvalue weighted by atomic mass is 10.2. The van der Waals surface area contributed by atoms with Crippen LogP contribution >= 0.6 is 0 Å². The summed E-state index contributed by atoms with van der Waals surface area (Å²) in [4.78, 5) is 13.5. The second-order valence-corrected chi connectivity index (χ2v) is 4.11. The number of rotatable bonds is 3. The van der Waals surface area contributed by atoms with Crippen LogP contribution in [0.4, 0.5) is 0 Å². The molecule has 0 aromatic carbocycles. The molecule has 4 heteroatoms. The highest BCUT2D eigenvalue weighted by Gasteiger charge is 2.30. The Hall–Kier alpha value is -0.870. The molecule has 1 rings (SSSR count). The molecule has 1 aliphatic heterocycles. The maximum absolute atomic E-state index is 11.3. The monoisotopic (exact) mass is 213 g/mol. The van der Waals surface area contributed by atoms with Crippen LogP contribution in [0.15, 0.2) is 12.2 Å². The maximum Gasteiger partial charge on any atom is 0.336 e. The molecule has 0 aromatic heterocycles. The Morgan fingerprint density at radius 3 is 2.80 bits per heavy atom. The lowest BCUT2D eigenvalue weighted by Crippen LogP contribution is -2.50. The molecule has 1 fully saturated rings. The van der Waals surface area contributed by atoms with E-state index in [-0.39, 0.29) is 12.1 Å². The zero-order chi connectivity index (χ0) is 11.4. The van der Waals surface area contributed by atoms with Gasteiger partial charge in [-0.05, 0) is 13.8 Å². The van der Waals surface area contributed by atoms with Gasteiger partial charge >= 0.3 is 5.97 Å². The maximum atomic E-state index is 11.3. The number of ether oxygens (including phenoxy) is 2. The van der Waals surface area contributed by atoms with Gasteiger partial charge in [0.25, 0.3) is 0 Å². The average Bonchev–Trinajstić information content (AvgIpc) is 2.14. The Kier molecular flexibility index (Phi) is 4.29. The first-order valence-electron chi connectivity index (χ1n) is 5.13. The lowest BCUT2D eigenvalue weighted by molar-refractivity contribution is -0.165. The summed E-state index contributed by atoms with van der Waals surface area (Å²) in [5.41, 5.74) is 1.09. The van der Waals surface area contributed by atoms with E-state index in [0.29, 0.717) is 6.54 Å². The summed E-state index contributed by atoms with van der Waals surface area (Å²) in [6.45, 7) is 10.0. The summed E-state index contributed by atoms with van der Waals surface area (Å²) >= 11 is 0. The lowest BCUT2D eigenvalue weighted by Gasteiger charge is -2.35. The highest BCUT2D eigenvalue weighted by molar-refractivity contribution is 5.74. The first-order valence-corrected chi connectivity index (χ1v) is 5.13. The fourth-order valence-corrected chi connectivity index (χ4v) is 1.81. The van der Waals surface area contributed by atoms with E-state index < -0.39 is 6.10 Å². The molecule has 0 N–H and O–H groups in total. The van der Waals surface area contributed by atoms with Crippen LogP contribution in [-0.4, -0.2) is 49.8 Å². The van der Waals surface area contributed by atoms with E-state index in [0.717, 1.165) is 18.7 Å². The first kappa shape index (κ1) is 12.2. The molecule has 86 valence electrons. The van der Waals surface area contributed by atoms with Crippen molar-refractivity contribution in [1.82, 2.24) is 4.90 Å². The van der Waals surface area contributed by atoms with Gasteiger partial charge in [0.2, 0.25) is 0 Å². The van der Waals surface area contributed by atoms with Gasteiger partial charge in [-0.2, -0.15) is 0 Å². The molecule has 4 nitrogen and oxygen atoms in total. The van der Waals surface area contributed by atoms with Gasteiger partial charge in [0.15, 0.2) is 6.10 Å². The van der Waals surface area contributed by atoms with Crippen molar-refractivity contribution in [1.29, 1.82) is 0 Å². The zero-order valence-electron chi connectivity index (χ0n) is 9.66. The molecule has 1 aliphatic rings. The smallest absolute Gasteiger partial charge is 0.336 e. The van der Waals surface area contributed by atoms with E-state index in [4.69, 9.17) is 4.74 Å². The van der Waals surface area contributed by atoms with Crippen molar-refractivity contribution in [2.24, 2.45) is 0 Å². The van der Waals surface area contributed by atoms with Crippen molar-refractivity contribution in [3.63, 3.8) is 0 Å². The summed E-state index contributed by atoms with van der Waals surface area (Å²) in [5.74, 6) is -0.298. The van der Waals surface area contributed by atoms with Gasteiger partial charge in [-0.15, -0.1) is 0 Å². The molecule has 0 aliphatic carbocycles. The van der Waals surface area contributed by atoms with Crippen molar-refractivity contribution in [3.05, 3.63) is 12.2 Å². The molecule has 0 bridgehead atoms.